The Balaban J connectivity index is 2.20. The third-order valence-corrected chi connectivity index (χ3v) is 1.85. The Morgan fingerprint density at radius 3 is 2.14 bits per heavy atom. The predicted molar refractivity (Wildman–Crippen MR) is 30.9 cm³/mol. The molecular weight excluding hydrogens is 86.1 g/mol. The summed E-state index contributed by atoms with van der Waals surface area (Å²) in [5.41, 5.74) is 5.59. The summed E-state index contributed by atoms with van der Waals surface area (Å²) in [4.78, 5) is 0. The summed E-state index contributed by atoms with van der Waals surface area (Å²) in [6, 6.07) is 0.440. The maximum Gasteiger partial charge on any atom is 0.00414 e. The van der Waals surface area contributed by atoms with Crippen LogP contribution in [0.25, 0.3) is 0 Å². The van der Waals surface area contributed by atoms with Crippen LogP contribution in [-0.4, -0.2) is 6.04 Å². The van der Waals surface area contributed by atoms with Gasteiger partial charge in [0.1, 0.15) is 0 Å². The number of nitrogens with two attached hydrogens (primary N) is 1. The minimum atomic E-state index is 0.440. The van der Waals surface area contributed by atoms with Crippen LogP contribution in [0.4, 0.5) is 0 Å². The van der Waals surface area contributed by atoms with Gasteiger partial charge in [-0.15, -0.1) is 0 Å². The van der Waals surface area contributed by atoms with Crippen molar-refractivity contribution < 1.29 is 0 Å². The van der Waals surface area contributed by atoms with E-state index in [-0.39, 0.29) is 0 Å². The Labute approximate surface area is 44.9 Å². The molecule has 0 amide bonds. The maximum atomic E-state index is 5.59. The van der Waals surface area contributed by atoms with Gasteiger partial charge in [0.2, 0.25) is 0 Å². The van der Waals surface area contributed by atoms with Crippen LogP contribution >= 0.6 is 0 Å². The molecule has 0 radical (unpaired) electrons. The minimum Gasteiger partial charge on any atom is -0.328 e. The highest BCUT2D eigenvalue weighted by Crippen LogP contribution is 2.39. The van der Waals surface area contributed by atoms with Crippen molar-refractivity contribution in [2.45, 2.75) is 26.3 Å². The molecule has 1 fully saturated rings. The predicted octanol–water partition coefficient (Wildman–Crippen LogP) is 0.990. The largest absolute Gasteiger partial charge is 0.328 e. The van der Waals surface area contributed by atoms with Gasteiger partial charge >= 0.3 is 0 Å². The quantitative estimate of drug-likeness (QED) is 0.521. The molecule has 0 bridgehead atoms. The molecule has 1 aliphatic carbocycles. The fraction of sp³-hybridized carbons (Fsp3) is 1.00. The molecule has 0 spiro atoms. The Hall–Kier alpha value is -0.0400. The second kappa shape index (κ2) is 1.48. The summed E-state index contributed by atoms with van der Waals surface area (Å²) < 4.78 is 0. The van der Waals surface area contributed by atoms with E-state index in [1.807, 2.05) is 0 Å². The molecule has 1 heteroatoms. The van der Waals surface area contributed by atoms with E-state index in [2.05, 4.69) is 13.8 Å². The molecule has 0 saturated heterocycles. The van der Waals surface area contributed by atoms with Crippen LogP contribution in [0.1, 0.15) is 20.3 Å². The average Bonchev–Trinajstić information content (AvgIpc) is 2.17. The molecule has 0 heterocycles. The number of rotatable bonds is 1. The van der Waals surface area contributed by atoms with Crippen LogP contribution < -0.4 is 5.73 Å². The van der Waals surface area contributed by atoms with Crippen LogP contribution in [0, 0.1) is 11.8 Å². The minimum absolute atomic E-state index is 0.440. The van der Waals surface area contributed by atoms with Crippen molar-refractivity contribution in [3.05, 3.63) is 0 Å². The molecule has 0 aromatic rings. The van der Waals surface area contributed by atoms with E-state index in [0.717, 1.165) is 11.8 Å². The van der Waals surface area contributed by atoms with Gasteiger partial charge in [-0.3, -0.25) is 0 Å². The van der Waals surface area contributed by atoms with Crippen LogP contribution in [0.5, 0.6) is 0 Å². The fourth-order valence-electron chi connectivity index (χ4n) is 1.08. The molecule has 0 aliphatic heterocycles. The Morgan fingerprint density at radius 1 is 1.71 bits per heavy atom. The van der Waals surface area contributed by atoms with Crippen molar-refractivity contribution in [1.82, 2.24) is 0 Å². The smallest absolute Gasteiger partial charge is 0.00414 e. The highest BCUT2D eigenvalue weighted by molar-refractivity contribution is 4.87. The summed E-state index contributed by atoms with van der Waals surface area (Å²) in [5.74, 6) is 1.76. The summed E-state index contributed by atoms with van der Waals surface area (Å²) in [7, 11) is 0. The molecule has 1 aliphatic rings. The first kappa shape index (κ1) is 5.10. The summed E-state index contributed by atoms with van der Waals surface area (Å²) >= 11 is 0. The van der Waals surface area contributed by atoms with E-state index < -0.39 is 0 Å². The molecule has 7 heavy (non-hydrogen) atoms. The average molecular weight is 99.2 g/mol. The van der Waals surface area contributed by atoms with Gasteiger partial charge in [-0.25, -0.2) is 0 Å². The van der Waals surface area contributed by atoms with Crippen molar-refractivity contribution in [2.75, 3.05) is 0 Å². The standard InChI is InChI=1S/C6H13N/c1-4-3-6(4)5(2)7/h4-6H,3,7H2,1-2H3/t4-,5?,6-/m1/s1. The normalized spacial score (nSPS) is 43.3. The van der Waals surface area contributed by atoms with Gasteiger partial charge in [0.05, 0.1) is 0 Å². The molecule has 3 atom stereocenters. The van der Waals surface area contributed by atoms with Crippen LogP contribution in [-0.2, 0) is 0 Å². The van der Waals surface area contributed by atoms with Gasteiger partial charge in [0, 0.05) is 6.04 Å². The number of hydrogen-bond acceptors (Lipinski definition) is 1. The van der Waals surface area contributed by atoms with E-state index in [1.54, 1.807) is 0 Å². The monoisotopic (exact) mass is 99.1 g/mol. The Kier molecular flexibility index (Phi) is 1.08. The molecule has 0 aromatic carbocycles. The highest BCUT2D eigenvalue weighted by Gasteiger charge is 2.34. The zero-order chi connectivity index (χ0) is 5.44. The van der Waals surface area contributed by atoms with Crippen LogP contribution in [0.15, 0.2) is 0 Å². The molecular formula is C6H13N. The van der Waals surface area contributed by atoms with E-state index in [9.17, 15) is 0 Å². The molecule has 2 N–H and O–H groups in total. The summed E-state index contributed by atoms with van der Waals surface area (Å²) in [5, 5.41) is 0. The van der Waals surface area contributed by atoms with Gasteiger partial charge in [-0.1, -0.05) is 6.92 Å². The van der Waals surface area contributed by atoms with Gasteiger partial charge in [0.15, 0.2) is 0 Å². The highest BCUT2D eigenvalue weighted by atomic mass is 14.7. The van der Waals surface area contributed by atoms with Crippen LogP contribution in [0.2, 0.25) is 0 Å². The fourth-order valence-corrected chi connectivity index (χ4v) is 1.08. The number of hydrogen-bond donors (Lipinski definition) is 1. The van der Waals surface area contributed by atoms with E-state index in [0.29, 0.717) is 6.04 Å². The SMILES string of the molecule is CC(N)[C@@H]1C[C@H]1C. The second-order valence-electron chi connectivity index (χ2n) is 2.74. The lowest BCUT2D eigenvalue weighted by molar-refractivity contribution is 0.608. The van der Waals surface area contributed by atoms with Crippen molar-refractivity contribution in [3.8, 4) is 0 Å². The zero-order valence-electron chi connectivity index (χ0n) is 5.02. The summed E-state index contributed by atoms with van der Waals surface area (Å²) in [6.07, 6.45) is 1.36. The Morgan fingerprint density at radius 2 is 2.14 bits per heavy atom. The Bertz CT molecular complexity index is 68.6. The lowest BCUT2D eigenvalue weighted by Gasteiger charge is -1.97. The molecule has 1 rings (SSSR count). The topological polar surface area (TPSA) is 26.0 Å². The summed E-state index contributed by atoms with van der Waals surface area (Å²) in [6.45, 7) is 4.35. The molecule has 1 nitrogen and oxygen atoms in total. The van der Waals surface area contributed by atoms with Crippen LogP contribution in [0.3, 0.4) is 0 Å². The van der Waals surface area contributed by atoms with Crippen molar-refractivity contribution in [1.29, 1.82) is 0 Å². The lowest BCUT2D eigenvalue weighted by Crippen LogP contribution is -2.17. The zero-order valence-corrected chi connectivity index (χ0v) is 5.02. The van der Waals surface area contributed by atoms with E-state index in [4.69, 9.17) is 5.73 Å². The first-order valence-corrected chi connectivity index (χ1v) is 2.97. The third-order valence-electron chi connectivity index (χ3n) is 1.85. The van der Waals surface area contributed by atoms with E-state index >= 15 is 0 Å². The van der Waals surface area contributed by atoms with Crippen molar-refractivity contribution in [3.63, 3.8) is 0 Å². The molecule has 1 saturated carbocycles. The van der Waals surface area contributed by atoms with Crippen molar-refractivity contribution in [2.24, 2.45) is 17.6 Å². The van der Waals surface area contributed by atoms with Gasteiger partial charge in [0.25, 0.3) is 0 Å². The van der Waals surface area contributed by atoms with Gasteiger partial charge < -0.3 is 5.73 Å². The maximum absolute atomic E-state index is 5.59. The first-order valence-electron chi connectivity index (χ1n) is 2.97. The lowest BCUT2D eigenvalue weighted by atomic mass is 10.2. The molecule has 42 valence electrons. The van der Waals surface area contributed by atoms with Gasteiger partial charge in [-0.05, 0) is 25.2 Å². The third kappa shape index (κ3) is 0.942. The van der Waals surface area contributed by atoms with Gasteiger partial charge in [-0.2, -0.15) is 0 Å². The van der Waals surface area contributed by atoms with Crippen molar-refractivity contribution >= 4 is 0 Å². The molecule has 1 unspecified atom stereocenters. The molecule has 0 aromatic heterocycles. The van der Waals surface area contributed by atoms with E-state index in [1.165, 1.54) is 6.42 Å². The second-order valence-corrected chi connectivity index (χ2v) is 2.74. The first-order chi connectivity index (χ1) is 3.22.